The number of rotatable bonds is 6. The first-order chi connectivity index (χ1) is 7.18. The summed E-state index contributed by atoms with van der Waals surface area (Å²) in [6.45, 7) is 2.59. The molecule has 0 aliphatic rings. The summed E-state index contributed by atoms with van der Waals surface area (Å²) in [6.07, 6.45) is 2.04. The molecule has 0 aliphatic heterocycles. The minimum atomic E-state index is 0. The summed E-state index contributed by atoms with van der Waals surface area (Å²) in [7, 11) is 0. The van der Waals surface area contributed by atoms with Gasteiger partial charge < -0.3 is 11.1 Å². The van der Waals surface area contributed by atoms with E-state index in [0.29, 0.717) is 19.4 Å². The molecule has 4 nitrogen and oxygen atoms in total. The molecule has 100 valence electrons. The second kappa shape index (κ2) is 10.8. The highest BCUT2D eigenvalue weighted by molar-refractivity contribution is 7.07. The topological polar surface area (TPSA) is 68.0 Å². The zero-order valence-corrected chi connectivity index (χ0v) is 12.2. The van der Waals surface area contributed by atoms with Crippen LogP contribution in [0.3, 0.4) is 0 Å². The number of halogens is 2. The third-order valence-electron chi connectivity index (χ3n) is 2.01. The molecule has 7 heteroatoms. The van der Waals surface area contributed by atoms with E-state index in [9.17, 15) is 4.79 Å². The van der Waals surface area contributed by atoms with E-state index in [4.69, 9.17) is 5.73 Å². The highest BCUT2D eigenvalue weighted by Crippen LogP contribution is 2.03. The molecular weight excluding hydrogens is 281 g/mol. The molecule has 1 atom stereocenters. The maximum absolute atomic E-state index is 11.3. The first-order valence-electron chi connectivity index (χ1n) is 5.08. The van der Waals surface area contributed by atoms with Crippen molar-refractivity contribution in [3.63, 3.8) is 0 Å². The van der Waals surface area contributed by atoms with E-state index < -0.39 is 0 Å². The molecule has 0 saturated carbocycles. The molecule has 0 aliphatic carbocycles. The van der Waals surface area contributed by atoms with Crippen LogP contribution in [0.5, 0.6) is 0 Å². The predicted octanol–water partition coefficient (Wildman–Crippen LogP) is 1.77. The summed E-state index contributed by atoms with van der Waals surface area (Å²) in [5.74, 6) is 0.0728. The van der Waals surface area contributed by atoms with Crippen molar-refractivity contribution < 1.29 is 4.79 Å². The molecule has 1 aromatic heterocycles. The Kier molecular flexibility index (Phi) is 12.0. The van der Waals surface area contributed by atoms with Crippen LogP contribution in [0.1, 0.15) is 25.5 Å². The molecule has 0 saturated heterocycles. The number of hydrogen-bond donors (Lipinski definition) is 2. The fourth-order valence-corrected chi connectivity index (χ4v) is 1.72. The highest BCUT2D eigenvalue weighted by atomic mass is 35.5. The summed E-state index contributed by atoms with van der Waals surface area (Å²) in [4.78, 5) is 15.5. The Bertz CT molecular complexity index is 294. The number of aromatic nitrogens is 1. The Morgan fingerprint density at radius 1 is 1.59 bits per heavy atom. The number of nitrogens with one attached hydrogen (secondary N) is 1. The Morgan fingerprint density at radius 3 is 2.82 bits per heavy atom. The third-order valence-corrected chi connectivity index (χ3v) is 2.65. The van der Waals surface area contributed by atoms with Crippen LogP contribution >= 0.6 is 36.2 Å². The number of carbonyl (C=O) groups is 1. The summed E-state index contributed by atoms with van der Waals surface area (Å²) >= 11 is 1.55. The minimum absolute atomic E-state index is 0. The molecule has 3 N–H and O–H groups in total. The van der Waals surface area contributed by atoms with Crippen LogP contribution in [0, 0.1) is 0 Å². The number of carbonyl (C=O) groups excluding carboxylic acids is 1. The van der Waals surface area contributed by atoms with Crippen molar-refractivity contribution in [3.8, 4) is 0 Å². The van der Waals surface area contributed by atoms with Gasteiger partial charge in [-0.3, -0.25) is 4.79 Å². The average Bonchev–Trinajstić information content (AvgIpc) is 2.66. The van der Waals surface area contributed by atoms with E-state index in [1.807, 2.05) is 12.3 Å². The van der Waals surface area contributed by atoms with Crippen molar-refractivity contribution in [2.24, 2.45) is 5.73 Å². The van der Waals surface area contributed by atoms with Crippen LogP contribution in [-0.2, 0) is 11.2 Å². The van der Waals surface area contributed by atoms with Gasteiger partial charge in [0, 0.05) is 24.4 Å². The van der Waals surface area contributed by atoms with Gasteiger partial charge in [-0.1, -0.05) is 0 Å². The Labute approximate surface area is 118 Å². The van der Waals surface area contributed by atoms with Crippen LogP contribution in [0.25, 0.3) is 0 Å². The first-order valence-corrected chi connectivity index (χ1v) is 6.02. The van der Waals surface area contributed by atoms with Crippen LogP contribution in [-0.4, -0.2) is 23.5 Å². The van der Waals surface area contributed by atoms with Crippen LogP contribution in [0.15, 0.2) is 10.9 Å². The number of nitrogens with two attached hydrogens (primary N) is 1. The highest BCUT2D eigenvalue weighted by Gasteiger charge is 2.03. The quantitative estimate of drug-likeness (QED) is 0.841. The van der Waals surface area contributed by atoms with Crippen LogP contribution in [0.2, 0.25) is 0 Å². The van der Waals surface area contributed by atoms with E-state index in [1.165, 1.54) is 0 Å². The minimum Gasteiger partial charge on any atom is -0.356 e. The van der Waals surface area contributed by atoms with Crippen molar-refractivity contribution in [2.45, 2.75) is 32.2 Å². The summed E-state index contributed by atoms with van der Waals surface area (Å²) < 4.78 is 0. The largest absolute Gasteiger partial charge is 0.356 e. The Hall–Kier alpha value is -0.360. The zero-order valence-electron chi connectivity index (χ0n) is 9.72. The lowest BCUT2D eigenvalue weighted by Crippen LogP contribution is -2.29. The van der Waals surface area contributed by atoms with Gasteiger partial charge in [-0.15, -0.1) is 36.2 Å². The van der Waals surface area contributed by atoms with Gasteiger partial charge in [-0.05, 0) is 19.8 Å². The molecule has 1 heterocycles. The smallest absolute Gasteiger partial charge is 0.220 e. The van der Waals surface area contributed by atoms with Crippen LogP contribution in [0.4, 0.5) is 0 Å². The SMILES string of the molecule is CC(N)CCNC(=O)CCc1cscn1.Cl.Cl. The third kappa shape index (κ3) is 9.35. The molecule has 0 fully saturated rings. The van der Waals surface area contributed by atoms with E-state index in [2.05, 4.69) is 10.3 Å². The Balaban J connectivity index is 0. The molecule has 1 rings (SSSR count). The molecule has 1 unspecified atom stereocenters. The second-order valence-corrected chi connectivity index (χ2v) is 4.31. The first kappa shape index (κ1) is 19.0. The van der Waals surface area contributed by atoms with Gasteiger partial charge in [0.2, 0.25) is 5.91 Å². The van der Waals surface area contributed by atoms with Gasteiger partial charge >= 0.3 is 0 Å². The van der Waals surface area contributed by atoms with E-state index in [0.717, 1.165) is 12.1 Å². The lowest BCUT2D eigenvalue weighted by Gasteiger charge is -2.06. The van der Waals surface area contributed by atoms with Crippen molar-refractivity contribution in [3.05, 3.63) is 16.6 Å². The maximum Gasteiger partial charge on any atom is 0.220 e. The van der Waals surface area contributed by atoms with Gasteiger partial charge in [0.15, 0.2) is 0 Å². The number of amides is 1. The maximum atomic E-state index is 11.3. The van der Waals surface area contributed by atoms with E-state index >= 15 is 0 Å². The summed E-state index contributed by atoms with van der Waals surface area (Å²) in [6, 6.07) is 0.142. The number of aryl methyl sites for hydroxylation is 1. The second-order valence-electron chi connectivity index (χ2n) is 3.60. The van der Waals surface area contributed by atoms with Crippen molar-refractivity contribution >= 4 is 42.1 Å². The van der Waals surface area contributed by atoms with Gasteiger partial charge in [-0.2, -0.15) is 0 Å². The molecule has 17 heavy (non-hydrogen) atoms. The fraction of sp³-hybridized carbons (Fsp3) is 0.600. The molecule has 0 aromatic carbocycles. The normalized spacial score (nSPS) is 10.9. The summed E-state index contributed by atoms with van der Waals surface area (Å²) in [5.41, 5.74) is 8.34. The van der Waals surface area contributed by atoms with Crippen LogP contribution < -0.4 is 11.1 Å². The van der Waals surface area contributed by atoms with Gasteiger partial charge in [0.05, 0.1) is 11.2 Å². The molecule has 0 spiro atoms. The molecule has 0 bridgehead atoms. The molecular formula is C10H19Cl2N3OS. The zero-order chi connectivity index (χ0) is 11.1. The van der Waals surface area contributed by atoms with Gasteiger partial charge in [0.25, 0.3) is 0 Å². The fourth-order valence-electron chi connectivity index (χ4n) is 1.13. The van der Waals surface area contributed by atoms with Gasteiger partial charge in [0.1, 0.15) is 0 Å². The predicted molar refractivity (Wildman–Crippen MR) is 76.2 cm³/mol. The van der Waals surface area contributed by atoms with Crippen molar-refractivity contribution in [1.29, 1.82) is 0 Å². The van der Waals surface area contributed by atoms with E-state index in [1.54, 1.807) is 16.8 Å². The van der Waals surface area contributed by atoms with Crippen molar-refractivity contribution in [1.82, 2.24) is 10.3 Å². The Morgan fingerprint density at radius 2 is 2.29 bits per heavy atom. The number of thiazole rings is 1. The van der Waals surface area contributed by atoms with Crippen molar-refractivity contribution in [2.75, 3.05) is 6.54 Å². The lowest BCUT2D eigenvalue weighted by atomic mass is 10.2. The number of hydrogen-bond acceptors (Lipinski definition) is 4. The molecule has 1 amide bonds. The standard InChI is InChI=1S/C10H17N3OS.2ClH/c1-8(11)4-5-12-10(14)3-2-9-6-15-7-13-9;;/h6-8H,2-5,11H2,1H3,(H,12,14);2*1H. The lowest BCUT2D eigenvalue weighted by molar-refractivity contribution is -0.121. The molecule has 0 radical (unpaired) electrons. The molecule has 1 aromatic rings. The monoisotopic (exact) mass is 299 g/mol. The van der Waals surface area contributed by atoms with Gasteiger partial charge in [-0.25, -0.2) is 4.98 Å². The summed E-state index contributed by atoms with van der Waals surface area (Å²) in [5, 5.41) is 4.80. The average molecular weight is 300 g/mol. The van der Waals surface area contributed by atoms with E-state index in [-0.39, 0.29) is 36.8 Å². The number of nitrogens with zero attached hydrogens (tertiary/aromatic N) is 1.